The highest BCUT2D eigenvalue weighted by Gasteiger charge is 2.24. The van der Waals surface area contributed by atoms with Gasteiger partial charge in [-0.2, -0.15) is 0 Å². The molecular weight excluding hydrogens is 188 g/mol. The molecule has 0 aromatic rings. The highest BCUT2D eigenvalue weighted by Crippen LogP contribution is 2.24. The molecule has 15 heavy (non-hydrogen) atoms. The van der Waals surface area contributed by atoms with Crippen molar-refractivity contribution in [2.24, 2.45) is 5.73 Å². The summed E-state index contributed by atoms with van der Waals surface area (Å²) in [5.74, 6) is 0. The van der Waals surface area contributed by atoms with Crippen LogP contribution in [0.1, 0.15) is 46.0 Å². The Hall–Kier alpha value is -0.120. The average molecular weight is 214 g/mol. The smallest absolute Gasteiger partial charge is 0.0753 e. The number of hydrogen-bond donors (Lipinski definition) is 2. The lowest BCUT2D eigenvalue weighted by atomic mass is 10.0. The molecule has 90 valence electrons. The summed E-state index contributed by atoms with van der Waals surface area (Å²) in [5, 5.41) is 9.86. The summed E-state index contributed by atoms with van der Waals surface area (Å²) in [6.45, 7) is 6.46. The van der Waals surface area contributed by atoms with E-state index in [1.54, 1.807) is 0 Å². The molecular formula is C12H26N2O. The van der Waals surface area contributed by atoms with Crippen LogP contribution in [0, 0.1) is 0 Å². The maximum Gasteiger partial charge on any atom is 0.0753 e. The molecule has 0 heterocycles. The molecule has 1 atom stereocenters. The van der Waals surface area contributed by atoms with Gasteiger partial charge in [0.25, 0.3) is 0 Å². The van der Waals surface area contributed by atoms with Gasteiger partial charge in [0, 0.05) is 19.1 Å². The molecule has 1 saturated carbocycles. The van der Waals surface area contributed by atoms with E-state index in [4.69, 9.17) is 5.73 Å². The minimum Gasteiger partial charge on any atom is -0.389 e. The second-order valence-corrected chi connectivity index (χ2v) is 5.02. The number of hydrogen-bond acceptors (Lipinski definition) is 3. The Labute approximate surface area is 93.6 Å². The van der Waals surface area contributed by atoms with Gasteiger partial charge < -0.3 is 15.7 Å². The fourth-order valence-corrected chi connectivity index (χ4v) is 2.35. The summed E-state index contributed by atoms with van der Waals surface area (Å²) >= 11 is 0. The van der Waals surface area contributed by atoms with E-state index in [0.717, 1.165) is 25.6 Å². The van der Waals surface area contributed by atoms with Crippen molar-refractivity contribution >= 4 is 0 Å². The molecule has 0 saturated heterocycles. The molecule has 0 aromatic heterocycles. The molecule has 3 nitrogen and oxygen atoms in total. The second-order valence-electron chi connectivity index (χ2n) is 5.02. The van der Waals surface area contributed by atoms with Crippen LogP contribution in [-0.4, -0.2) is 41.3 Å². The van der Waals surface area contributed by atoms with Crippen LogP contribution in [0.3, 0.4) is 0 Å². The number of aliphatic hydroxyl groups is 1. The van der Waals surface area contributed by atoms with Crippen molar-refractivity contribution < 1.29 is 5.11 Å². The summed E-state index contributed by atoms with van der Waals surface area (Å²) in [5.41, 5.74) is 4.83. The van der Waals surface area contributed by atoms with Gasteiger partial charge in [0.2, 0.25) is 0 Å². The molecule has 3 N–H and O–H groups in total. The van der Waals surface area contributed by atoms with Crippen molar-refractivity contribution in [2.75, 3.05) is 19.6 Å². The molecule has 0 aromatic carbocycles. The van der Waals surface area contributed by atoms with Crippen LogP contribution in [0.2, 0.25) is 0 Å². The second kappa shape index (κ2) is 5.83. The predicted octanol–water partition coefficient (Wildman–Crippen LogP) is 1.35. The summed E-state index contributed by atoms with van der Waals surface area (Å²) < 4.78 is 0. The van der Waals surface area contributed by atoms with E-state index >= 15 is 0 Å². The first-order chi connectivity index (χ1) is 7.09. The lowest BCUT2D eigenvalue weighted by Gasteiger charge is -2.31. The molecule has 1 rings (SSSR count). The standard InChI is InChI=1S/C12H26N2O/c1-3-14(11-6-4-5-7-11)9-8-12(2,15)10-13/h11,15H,3-10,13H2,1-2H3. The molecule has 1 aliphatic rings. The monoisotopic (exact) mass is 214 g/mol. The van der Waals surface area contributed by atoms with E-state index in [1.807, 2.05) is 6.92 Å². The van der Waals surface area contributed by atoms with Crippen LogP contribution in [-0.2, 0) is 0 Å². The van der Waals surface area contributed by atoms with Gasteiger partial charge in [-0.25, -0.2) is 0 Å². The van der Waals surface area contributed by atoms with Crippen molar-refractivity contribution in [3.63, 3.8) is 0 Å². The van der Waals surface area contributed by atoms with E-state index in [-0.39, 0.29) is 0 Å². The zero-order valence-electron chi connectivity index (χ0n) is 10.2. The zero-order valence-corrected chi connectivity index (χ0v) is 10.2. The maximum atomic E-state index is 9.86. The normalized spacial score (nSPS) is 22.2. The number of nitrogens with zero attached hydrogens (tertiary/aromatic N) is 1. The molecule has 1 fully saturated rings. The quantitative estimate of drug-likeness (QED) is 0.702. The van der Waals surface area contributed by atoms with Crippen molar-refractivity contribution in [3.05, 3.63) is 0 Å². The lowest BCUT2D eigenvalue weighted by molar-refractivity contribution is 0.0427. The first kappa shape index (κ1) is 12.9. The van der Waals surface area contributed by atoms with Gasteiger partial charge >= 0.3 is 0 Å². The maximum absolute atomic E-state index is 9.86. The Kier molecular flexibility index (Phi) is 5.03. The van der Waals surface area contributed by atoms with Crippen LogP contribution in [0.15, 0.2) is 0 Å². The van der Waals surface area contributed by atoms with Gasteiger partial charge in [0.15, 0.2) is 0 Å². The van der Waals surface area contributed by atoms with E-state index in [2.05, 4.69) is 11.8 Å². The number of rotatable bonds is 6. The van der Waals surface area contributed by atoms with Gasteiger partial charge in [-0.15, -0.1) is 0 Å². The van der Waals surface area contributed by atoms with Gasteiger partial charge in [-0.05, 0) is 32.7 Å². The SMILES string of the molecule is CCN(CCC(C)(O)CN)C1CCCC1. The van der Waals surface area contributed by atoms with E-state index in [0.29, 0.717) is 6.54 Å². The largest absolute Gasteiger partial charge is 0.389 e. The lowest BCUT2D eigenvalue weighted by Crippen LogP contribution is -2.41. The van der Waals surface area contributed by atoms with Crippen molar-refractivity contribution in [1.82, 2.24) is 4.90 Å². The van der Waals surface area contributed by atoms with E-state index in [1.165, 1.54) is 25.7 Å². The van der Waals surface area contributed by atoms with Crippen molar-refractivity contribution in [2.45, 2.75) is 57.6 Å². The summed E-state index contributed by atoms with van der Waals surface area (Å²) in [6, 6.07) is 0.753. The van der Waals surface area contributed by atoms with Crippen LogP contribution >= 0.6 is 0 Å². The first-order valence-corrected chi connectivity index (χ1v) is 6.25. The third-order valence-electron chi connectivity index (χ3n) is 3.62. The van der Waals surface area contributed by atoms with Crippen LogP contribution in [0.25, 0.3) is 0 Å². The van der Waals surface area contributed by atoms with Crippen LogP contribution in [0.5, 0.6) is 0 Å². The predicted molar refractivity (Wildman–Crippen MR) is 63.8 cm³/mol. The summed E-state index contributed by atoms with van der Waals surface area (Å²) in [4.78, 5) is 2.50. The van der Waals surface area contributed by atoms with Crippen molar-refractivity contribution in [3.8, 4) is 0 Å². The Balaban J connectivity index is 2.33. The minimum atomic E-state index is -0.688. The topological polar surface area (TPSA) is 49.5 Å². The summed E-state index contributed by atoms with van der Waals surface area (Å²) in [7, 11) is 0. The molecule has 0 spiro atoms. The third-order valence-corrected chi connectivity index (χ3v) is 3.62. The first-order valence-electron chi connectivity index (χ1n) is 6.25. The molecule has 0 radical (unpaired) electrons. The van der Waals surface area contributed by atoms with Gasteiger partial charge in [0.05, 0.1) is 5.60 Å². The Morgan fingerprint density at radius 2 is 2.00 bits per heavy atom. The van der Waals surface area contributed by atoms with Crippen molar-refractivity contribution in [1.29, 1.82) is 0 Å². The molecule has 1 aliphatic carbocycles. The molecule has 0 amide bonds. The zero-order chi connectivity index (χ0) is 11.3. The van der Waals surface area contributed by atoms with Gasteiger partial charge in [-0.3, -0.25) is 0 Å². The highest BCUT2D eigenvalue weighted by atomic mass is 16.3. The fourth-order valence-electron chi connectivity index (χ4n) is 2.35. The van der Waals surface area contributed by atoms with E-state index in [9.17, 15) is 5.11 Å². The Morgan fingerprint density at radius 3 is 2.47 bits per heavy atom. The highest BCUT2D eigenvalue weighted by molar-refractivity contribution is 4.80. The number of nitrogens with two attached hydrogens (primary N) is 1. The summed E-state index contributed by atoms with van der Waals surface area (Å²) in [6.07, 6.45) is 6.19. The molecule has 1 unspecified atom stereocenters. The minimum absolute atomic E-state index is 0.356. The average Bonchev–Trinajstić information content (AvgIpc) is 2.72. The van der Waals surface area contributed by atoms with Gasteiger partial charge in [-0.1, -0.05) is 19.8 Å². The van der Waals surface area contributed by atoms with Crippen LogP contribution < -0.4 is 5.73 Å². The van der Waals surface area contributed by atoms with E-state index < -0.39 is 5.60 Å². The Morgan fingerprint density at radius 1 is 1.40 bits per heavy atom. The third kappa shape index (κ3) is 4.09. The Bertz CT molecular complexity index is 176. The molecule has 3 heteroatoms. The van der Waals surface area contributed by atoms with Gasteiger partial charge in [0.1, 0.15) is 0 Å². The van der Waals surface area contributed by atoms with Crippen LogP contribution in [0.4, 0.5) is 0 Å². The molecule has 0 aliphatic heterocycles. The molecule has 0 bridgehead atoms. The fraction of sp³-hybridized carbons (Fsp3) is 1.00.